The number of likely N-dealkylation sites (N-methyl/N-ethyl adjacent to an activating group) is 2. The van der Waals surface area contributed by atoms with Crippen molar-refractivity contribution in [3.8, 4) is 0 Å². The number of hydrogen-bond donors (Lipinski definition) is 1. The van der Waals surface area contributed by atoms with Gasteiger partial charge in [0, 0.05) is 39.1 Å². The second kappa shape index (κ2) is 7.86. The first-order valence-corrected chi connectivity index (χ1v) is 7.24. The van der Waals surface area contributed by atoms with E-state index >= 15 is 0 Å². The number of nitrogens with zero attached hydrogens (tertiary/aromatic N) is 3. The number of amides is 2. The minimum Gasteiger partial charge on any atom is -0.365 e. The highest BCUT2D eigenvalue weighted by Gasteiger charge is 2.23. The first kappa shape index (κ1) is 16.4. The summed E-state index contributed by atoms with van der Waals surface area (Å²) in [6.07, 6.45) is 3.33. The van der Waals surface area contributed by atoms with Gasteiger partial charge in [-0.15, -0.1) is 0 Å². The van der Waals surface area contributed by atoms with Gasteiger partial charge in [-0.05, 0) is 24.7 Å². The number of carbonyl (C=O) groups excluding carboxylic acids is 2. The van der Waals surface area contributed by atoms with E-state index in [1.54, 1.807) is 24.3 Å². The van der Waals surface area contributed by atoms with E-state index < -0.39 is 0 Å². The molecule has 22 heavy (non-hydrogen) atoms. The monoisotopic (exact) mass is 306 g/mol. The maximum Gasteiger partial charge on any atom is 0.248 e. The molecule has 1 fully saturated rings. The number of ether oxygens (including phenoxy) is 1. The maximum atomic E-state index is 11.9. The minimum absolute atomic E-state index is 0.0281. The number of nitrogens with one attached hydrogen (secondary N) is 1. The Morgan fingerprint density at radius 2 is 2.23 bits per heavy atom. The molecule has 1 atom stereocenters. The first-order valence-electron chi connectivity index (χ1n) is 7.24. The summed E-state index contributed by atoms with van der Waals surface area (Å²) in [5.74, 6) is -0.0839. The predicted molar refractivity (Wildman–Crippen MR) is 81.0 cm³/mol. The standard InChI is InChI=1S/C15H22N4O3/c1-18(8-12-3-5-16-6-4-12)10-14(20)17-7-13-9-19(2)15(21)11-22-13/h3-6,13H,7-11H2,1-2H3,(H,17,20)/t13-/m0/s1. The van der Waals surface area contributed by atoms with E-state index in [0.29, 0.717) is 26.2 Å². The second-order valence-corrected chi connectivity index (χ2v) is 5.54. The summed E-state index contributed by atoms with van der Waals surface area (Å²) in [5, 5.41) is 2.85. The van der Waals surface area contributed by atoms with Crippen LogP contribution < -0.4 is 5.32 Å². The van der Waals surface area contributed by atoms with Crippen molar-refractivity contribution < 1.29 is 14.3 Å². The third kappa shape index (κ3) is 5.09. The van der Waals surface area contributed by atoms with Crippen molar-refractivity contribution in [2.24, 2.45) is 0 Å². The summed E-state index contributed by atoms with van der Waals surface area (Å²) < 4.78 is 5.39. The average molecular weight is 306 g/mol. The van der Waals surface area contributed by atoms with Crippen LogP contribution in [0.3, 0.4) is 0 Å². The van der Waals surface area contributed by atoms with Gasteiger partial charge in [0.15, 0.2) is 0 Å². The Hall–Kier alpha value is -1.99. The second-order valence-electron chi connectivity index (χ2n) is 5.54. The molecule has 120 valence electrons. The average Bonchev–Trinajstić information content (AvgIpc) is 2.49. The third-order valence-electron chi connectivity index (χ3n) is 3.49. The maximum absolute atomic E-state index is 11.9. The van der Waals surface area contributed by atoms with Crippen LogP contribution in [0.15, 0.2) is 24.5 Å². The fraction of sp³-hybridized carbons (Fsp3) is 0.533. The Morgan fingerprint density at radius 3 is 2.91 bits per heavy atom. The molecule has 0 saturated carbocycles. The molecule has 2 rings (SSSR count). The normalized spacial score (nSPS) is 18.6. The topological polar surface area (TPSA) is 74.8 Å². The molecule has 1 N–H and O–H groups in total. The zero-order valence-corrected chi connectivity index (χ0v) is 13.0. The summed E-state index contributed by atoms with van der Waals surface area (Å²) in [7, 11) is 3.63. The van der Waals surface area contributed by atoms with E-state index in [1.807, 2.05) is 24.1 Å². The highest BCUT2D eigenvalue weighted by molar-refractivity contribution is 5.78. The van der Waals surface area contributed by atoms with Gasteiger partial charge in [-0.1, -0.05) is 0 Å². The van der Waals surface area contributed by atoms with E-state index in [9.17, 15) is 9.59 Å². The van der Waals surface area contributed by atoms with Gasteiger partial charge in [0.1, 0.15) is 6.61 Å². The van der Waals surface area contributed by atoms with E-state index in [2.05, 4.69) is 10.3 Å². The minimum atomic E-state index is -0.142. The van der Waals surface area contributed by atoms with Crippen LogP contribution in [0.4, 0.5) is 0 Å². The quantitative estimate of drug-likeness (QED) is 0.766. The Balaban J connectivity index is 1.68. The molecule has 1 aliphatic rings. The van der Waals surface area contributed by atoms with Crippen molar-refractivity contribution in [2.45, 2.75) is 12.6 Å². The van der Waals surface area contributed by atoms with Gasteiger partial charge in [0.25, 0.3) is 0 Å². The van der Waals surface area contributed by atoms with Crippen LogP contribution in [0, 0.1) is 0 Å². The Labute approximate surface area is 130 Å². The van der Waals surface area contributed by atoms with Crippen LogP contribution >= 0.6 is 0 Å². The number of rotatable bonds is 6. The molecule has 7 nitrogen and oxygen atoms in total. The molecule has 1 aromatic rings. The molecule has 2 heterocycles. The van der Waals surface area contributed by atoms with Crippen molar-refractivity contribution in [1.82, 2.24) is 20.1 Å². The molecule has 0 aliphatic carbocycles. The number of carbonyl (C=O) groups is 2. The Kier molecular flexibility index (Phi) is 5.85. The molecule has 1 saturated heterocycles. The summed E-state index contributed by atoms with van der Waals surface area (Å²) in [5.41, 5.74) is 1.11. The molecular formula is C15H22N4O3. The lowest BCUT2D eigenvalue weighted by molar-refractivity contribution is -0.146. The Morgan fingerprint density at radius 1 is 1.50 bits per heavy atom. The number of hydrogen-bond acceptors (Lipinski definition) is 5. The highest BCUT2D eigenvalue weighted by Crippen LogP contribution is 2.03. The van der Waals surface area contributed by atoms with Crippen molar-refractivity contribution in [2.75, 3.05) is 40.3 Å². The lowest BCUT2D eigenvalue weighted by Gasteiger charge is -2.30. The molecule has 0 aromatic carbocycles. The van der Waals surface area contributed by atoms with Gasteiger partial charge >= 0.3 is 0 Å². The van der Waals surface area contributed by atoms with Crippen LogP contribution in [0.2, 0.25) is 0 Å². The molecule has 0 unspecified atom stereocenters. The van der Waals surface area contributed by atoms with E-state index in [-0.39, 0.29) is 24.5 Å². The molecular weight excluding hydrogens is 284 g/mol. The van der Waals surface area contributed by atoms with Crippen LogP contribution in [-0.4, -0.2) is 73.0 Å². The van der Waals surface area contributed by atoms with E-state index in [4.69, 9.17) is 4.74 Å². The number of pyridine rings is 1. The van der Waals surface area contributed by atoms with Crippen molar-refractivity contribution >= 4 is 11.8 Å². The fourth-order valence-corrected chi connectivity index (χ4v) is 2.27. The lowest BCUT2D eigenvalue weighted by atomic mass is 10.2. The van der Waals surface area contributed by atoms with Crippen LogP contribution in [0.1, 0.15) is 5.56 Å². The van der Waals surface area contributed by atoms with Gasteiger partial charge < -0.3 is 15.0 Å². The van der Waals surface area contributed by atoms with Gasteiger partial charge in [-0.3, -0.25) is 19.5 Å². The summed E-state index contributed by atoms with van der Waals surface area (Å²) in [6, 6.07) is 3.86. The van der Waals surface area contributed by atoms with Crippen LogP contribution in [-0.2, 0) is 20.9 Å². The summed E-state index contributed by atoms with van der Waals surface area (Å²) in [4.78, 5) is 30.8. The zero-order chi connectivity index (χ0) is 15.9. The van der Waals surface area contributed by atoms with Gasteiger partial charge in [0.2, 0.25) is 11.8 Å². The molecule has 2 amide bonds. The zero-order valence-electron chi connectivity index (χ0n) is 13.0. The molecule has 0 spiro atoms. The SMILES string of the molecule is CN(CC(=O)NC[C@H]1CN(C)C(=O)CO1)Cc1ccncc1. The largest absolute Gasteiger partial charge is 0.365 e. The molecule has 0 bridgehead atoms. The first-order chi connectivity index (χ1) is 10.5. The highest BCUT2D eigenvalue weighted by atomic mass is 16.5. The van der Waals surface area contributed by atoms with Gasteiger partial charge in [-0.2, -0.15) is 0 Å². The third-order valence-corrected chi connectivity index (χ3v) is 3.49. The molecule has 7 heteroatoms. The summed E-state index contributed by atoms with van der Waals surface area (Å²) >= 11 is 0. The molecule has 1 aromatic heterocycles. The van der Waals surface area contributed by atoms with E-state index in [0.717, 1.165) is 5.56 Å². The fourth-order valence-electron chi connectivity index (χ4n) is 2.27. The van der Waals surface area contributed by atoms with Crippen LogP contribution in [0.25, 0.3) is 0 Å². The van der Waals surface area contributed by atoms with Crippen molar-refractivity contribution in [1.29, 1.82) is 0 Å². The number of morpholine rings is 1. The van der Waals surface area contributed by atoms with Crippen molar-refractivity contribution in [3.63, 3.8) is 0 Å². The molecule has 1 aliphatic heterocycles. The Bertz CT molecular complexity index is 509. The smallest absolute Gasteiger partial charge is 0.248 e. The summed E-state index contributed by atoms with van der Waals surface area (Å²) in [6.45, 7) is 2.00. The predicted octanol–water partition coefficient (Wildman–Crippen LogP) is -0.513. The van der Waals surface area contributed by atoms with Gasteiger partial charge in [-0.25, -0.2) is 0 Å². The van der Waals surface area contributed by atoms with Crippen LogP contribution in [0.5, 0.6) is 0 Å². The van der Waals surface area contributed by atoms with Gasteiger partial charge in [0.05, 0.1) is 12.6 Å². The molecule has 0 radical (unpaired) electrons. The van der Waals surface area contributed by atoms with E-state index in [1.165, 1.54) is 0 Å². The lowest BCUT2D eigenvalue weighted by Crippen LogP contribution is -2.49. The number of aromatic nitrogens is 1. The van der Waals surface area contributed by atoms with Crippen molar-refractivity contribution in [3.05, 3.63) is 30.1 Å².